The summed E-state index contributed by atoms with van der Waals surface area (Å²) in [5, 5.41) is 3.24. The van der Waals surface area contributed by atoms with Crippen LogP contribution in [0.4, 0.5) is 14.5 Å². The number of aromatic nitrogens is 1. The smallest absolute Gasteiger partial charge is 0.344 e. The minimum Gasteiger partial charge on any atom is -0.459 e. The van der Waals surface area contributed by atoms with E-state index >= 15 is 8.78 Å². The van der Waals surface area contributed by atoms with E-state index in [-0.39, 0.29) is 35.6 Å². The van der Waals surface area contributed by atoms with Crippen LogP contribution in [-0.2, 0) is 29.2 Å². The average molecular weight is 712 g/mol. The van der Waals surface area contributed by atoms with Crippen molar-refractivity contribution in [1.29, 1.82) is 0 Å². The molecular weight excluding hydrogens is 669 g/mol. The van der Waals surface area contributed by atoms with Gasteiger partial charge in [-0.3, -0.25) is 14.5 Å². The minimum atomic E-state index is -0.716. The molecule has 1 aliphatic rings. The van der Waals surface area contributed by atoms with Crippen molar-refractivity contribution in [3.63, 3.8) is 0 Å². The fraction of sp³-hybridized carbons (Fsp3) is 0.341. The van der Waals surface area contributed by atoms with Crippen LogP contribution in [0.15, 0.2) is 77.6 Å². The third-order valence-corrected chi connectivity index (χ3v) is 10.8. The van der Waals surface area contributed by atoms with Gasteiger partial charge in [0.1, 0.15) is 28.1 Å². The first-order valence-electron chi connectivity index (χ1n) is 17.5. The highest BCUT2D eigenvalue weighted by atomic mass is 32.1. The molecule has 2 heterocycles. The Bertz CT molecular complexity index is 2080. The normalized spacial score (nSPS) is 13.6. The first-order valence-corrected chi connectivity index (χ1v) is 18.3. The quantitative estimate of drug-likeness (QED) is 0.138. The Kier molecular flexibility index (Phi) is 11.1. The van der Waals surface area contributed by atoms with Crippen LogP contribution in [-0.4, -0.2) is 34.5 Å². The van der Waals surface area contributed by atoms with Crippen LogP contribution >= 0.6 is 11.3 Å². The summed E-state index contributed by atoms with van der Waals surface area (Å²) in [4.78, 5) is 44.4. The van der Waals surface area contributed by atoms with Crippen molar-refractivity contribution in [2.45, 2.75) is 78.6 Å². The molecule has 0 unspecified atom stereocenters. The number of rotatable bonds is 11. The minimum absolute atomic E-state index is 0.103. The molecule has 10 heteroatoms. The molecule has 1 aliphatic carbocycles. The molecule has 0 spiro atoms. The van der Waals surface area contributed by atoms with Gasteiger partial charge < -0.3 is 14.6 Å². The number of fused-ring (bicyclic) bond motifs is 1. The lowest BCUT2D eigenvalue weighted by atomic mass is 9.97. The van der Waals surface area contributed by atoms with Crippen molar-refractivity contribution >= 4 is 39.1 Å². The number of pyridine rings is 1. The second kappa shape index (κ2) is 15.7. The molecular formula is C41H43F2N3O4S. The van der Waals surface area contributed by atoms with Gasteiger partial charge in [-0.1, -0.05) is 68.8 Å². The Labute approximate surface area is 300 Å². The Morgan fingerprint density at radius 1 is 0.922 bits per heavy atom. The van der Waals surface area contributed by atoms with E-state index in [1.54, 1.807) is 11.5 Å². The number of hydrogen-bond acceptors (Lipinski definition) is 6. The lowest BCUT2D eigenvalue weighted by Crippen LogP contribution is -2.29. The maximum Gasteiger partial charge on any atom is 0.344 e. The summed E-state index contributed by atoms with van der Waals surface area (Å²) in [6.07, 6.45) is 4.13. The molecule has 266 valence electrons. The molecule has 3 aromatic carbocycles. The second-order valence-corrected chi connectivity index (χ2v) is 14.7. The van der Waals surface area contributed by atoms with E-state index in [9.17, 15) is 14.4 Å². The molecule has 51 heavy (non-hydrogen) atoms. The molecule has 2 aromatic heterocycles. The summed E-state index contributed by atoms with van der Waals surface area (Å²) in [6, 6.07) is 21.1. The Balaban J connectivity index is 1.55. The summed E-state index contributed by atoms with van der Waals surface area (Å²) in [5.41, 5.74) is 2.78. The molecule has 6 rings (SSSR count). The SMILES string of the molecule is Cc1c(C(=O)OC2CCCCC2)c(=O)c2c(CN(C)Cc3ccccc3)c(-c3ccc(NC(=O)C(C)C)cc3)sc2n1Cc1c(F)cccc1F. The molecule has 7 nitrogen and oxygen atoms in total. The van der Waals surface area contributed by atoms with Gasteiger partial charge in [-0.25, -0.2) is 13.6 Å². The number of nitrogens with zero attached hydrogens (tertiary/aromatic N) is 2. The zero-order chi connectivity index (χ0) is 36.2. The van der Waals surface area contributed by atoms with Gasteiger partial charge in [0.2, 0.25) is 11.3 Å². The first-order chi connectivity index (χ1) is 24.5. The standard InChI is InChI=1S/C41H43F2N3O4S/c1-25(2)39(48)44-29-20-18-28(19-21-29)38-32(23-45(4)22-27-12-7-5-8-13-27)36-37(47)35(41(49)50-30-14-9-6-10-15-30)26(3)46(40(36)51-38)24-31-33(42)16-11-17-34(31)43/h5,7-8,11-13,16-21,25,30H,6,9-10,14-15,22-24H2,1-4H3,(H,44,48). The van der Waals surface area contributed by atoms with Gasteiger partial charge in [0.25, 0.3) is 0 Å². The number of benzene rings is 3. The van der Waals surface area contributed by atoms with E-state index in [4.69, 9.17) is 4.74 Å². The van der Waals surface area contributed by atoms with Crippen molar-refractivity contribution in [3.05, 3.63) is 123 Å². The second-order valence-electron chi connectivity index (χ2n) is 13.7. The number of ether oxygens (including phenoxy) is 1. The third kappa shape index (κ3) is 7.97. The van der Waals surface area contributed by atoms with Gasteiger partial charge in [0, 0.05) is 40.8 Å². The Morgan fingerprint density at radius 2 is 1.59 bits per heavy atom. The summed E-state index contributed by atoms with van der Waals surface area (Å²) >= 11 is 1.34. The van der Waals surface area contributed by atoms with Crippen molar-refractivity contribution in [2.75, 3.05) is 12.4 Å². The molecule has 1 amide bonds. The number of hydrogen-bond donors (Lipinski definition) is 1. The van der Waals surface area contributed by atoms with Crippen LogP contribution in [0.1, 0.15) is 78.7 Å². The lowest BCUT2D eigenvalue weighted by Gasteiger charge is -2.23. The first kappa shape index (κ1) is 36.1. The molecule has 1 saturated carbocycles. The van der Waals surface area contributed by atoms with Crippen molar-refractivity contribution in [3.8, 4) is 10.4 Å². The summed E-state index contributed by atoms with van der Waals surface area (Å²) in [5.74, 6) is -2.44. The number of carbonyl (C=O) groups is 2. The number of amides is 1. The lowest BCUT2D eigenvalue weighted by molar-refractivity contribution is -0.118. The predicted molar refractivity (Wildman–Crippen MR) is 199 cm³/mol. The molecule has 0 aliphatic heterocycles. The predicted octanol–water partition coefficient (Wildman–Crippen LogP) is 9.08. The summed E-state index contributed by atoms with van der Waals surface area (Å²) in [6.45, 7) is 6.00. The van der Waals surface area contributed by atoms with Crippen LogP contribution < -0.4 is 10.7 Å². The molecule has 0 radical (unpaired) electrons. The average Bonchev–Trinajstić information content (AvgIpc) is 3.47. The van der Waals surface area contributed by atoms with E-state index < -0.39 is 23.0 Å². The molecule has 1 N–H and O–H groups in total. The number of esters is 1. The third-order valence-electron chi connectivity index (χ3n) is 9.52. The summed E-state index contributed by atoms with van der Waals surface area (Å²) < 4.78 is 38.0. The van der Waals surface area contributed by atoms with E-state index in [0.29, 0.717) is 40.3 Å². The highest BCUT2D eigenvalue weighted by Gasteiger charge is 2.30. The fourth-order valence-corrected chi connectivity index (χ4v) is 8.08. The van der Waals surface area contributed by atoms with Gasteiger partial charge in [-0.05, 0) is 80.6 Å². The monoisotopic (exact) mass is 711 g/mol. The van der Waals surface area contributed by atoms with Crippen molar-refractivity contribution in [2.24, 2.45) is 5.92 Å². The molecule has 0 saturated heterocycles. The largest absolute Gasteiger partial charge is 0.459 e. The number of thiophene rings is 1. The van der Waals surface area contributed by atoms with Crippen LogP contribution in [0.5, 0.6) is 0 Å². The Hall–Kier alpha value is -4.67. The molecule has 5 aromatic rings. The zero-order valence-corrected chi connectivity index (χ0v) is 30.2. The Morgan fingerprint density at radius 3 is 2.24 bits per heavy atom. The van der Waals surface area contributed by atoms with Gasteiger partial charge in [0.05, 0.1) is 11.9 Å². The number of nitrogens with one attached hydrogen (secondary N) is 1. The highest BCUT2D eigenvalue weighted by Crippen LogP contribution is 2.40. The highest BCUT2D eigenvalue weighted by molar-refractivity contribution is 7.22. The van der Waals surface area contributed by atoms with E-state index in [2.05, 4.69) is 10.2 Å². The van der Waals surface area contributed by atoms with Crippen LogP contribution in [0, 0.1) is 24.5 Å². The van der Waals surface area contributed by atoms with Gasteiger partial charge in [0.15, 0.2) is 0 Å². The molecule has 1 fully saturated rings. The van der Waals surface area contributed by atoms with Gasteiger partial charge in [-0.2, -0.15) is 0 Å². The van der Waals surface area contributed by atoms with Crippen molar-refractivity contribution in [1.82, 2.24) is 9.47 Å². The van der Waals surface area contributed by atoms with Gasteiger partial charge in [-0.15, -0.1) is 11.3 Å². The maximum atomic E-state index is 15.2. The number of carbonyl (C=O) groups excluding carboxylic acids is 2. The van der Waals surface area contributed by atoms with Crippen LogP contribution in [0.25, 0.3) is 20.7 Å². The number of anilines is 1. The fourth-order valence-electron chi connectivity index (χ4n) is 6.71. The maximum absolute atomic E-state index is 15.2. The van der Waals surface area contributed by atoms with Crippen LogP contribution in [0.2, 0.25) is 0 Å². The molecule has 0 atom stereocenters. The molecule has 0 bridgehead atoms. The summed E-state index contributed by atoms with van der Waals surface area (Å²) in [7, 11) is 1.96. The zero-order valence-electron chi connectivity index (χ0n) is 29.4. The topological polar surface area (TPSA) is 80.6 Å². The number of halogens is 2. The van der Waals surface area contributed by atoms with Gasteiger partial charge >= 0.3 is 5.97 Å². The van der Waals surface area contributed by atoms with E-state index in [1.165, 1.54) is 29.5 Å². The van der Waals surface area contributed by atoms with Crippen LogP contribution in [0.3, 0.4) is 0 Å². The van der Waals surface area contributed by atoms with E-state index in [0.717, 1.165) is 48.1 Å². The van der Waals surface area contributed by atoms with Crippen molar-refractivity contribution < 1.29 is 23.1 Å². The van der Waals surface area contributed by atoms with E-state index in [1.807, 2.05) is 75.5 Å².